The van der Waals surface area contributed by atoms with Gasteiger partial charge in [0.25, 0.3) is 10.0 Å². The van der Waals surface area contributed by atoms with E-state index in [-0.39, 0.29) is 10.7 Å². The van der Waals surface area contributed by atoms with Crippen LogP contribution in [0.25, 0.3) is 0 Å². The van der Waals surface area contributed by atoms with Crippen LogP contribution in [0.1, 0.15) is 30.6 Å². The fourth-order valence-electron chi connectivity index (χ4n) is 2.70. The van der Waals surface area contributed by atoms with Gasteiger partial charge in [0.1, 0.15) is 17.4 Å². The minimum Gasteiger partial charge on any atom is -0.449 e. The van der Waals surface area contributed by atoms with Crippen molar-refractivity contribution in [3.63, 3.8) is 0 Å². The van der Waals surface area contributed by atoms with Gasteiger partial charge in [-0.3, -0.25) is 0 Å². The predicted octanol–water partition coefficient (Wildman–Crippen LogP) is 3.22. The van der Waals surface area contributed by atoms with E-state index in [4.69, 9.17) is 4.42 Å². The van der Waals surface area contributed by atoms with Crippen LogP contribution >= 0.6 is 0 Å². The molecule has 118 valence electrons. The maximum atomic E-state index is 14.1. The van der Waals surface area contributed by atoms with Crippen LogP contribution in [0.3, 0.4) is 0 Å². The summed E-state index contributed by atoms with van der Waals surface area (Å²) in [5, 5.41) is -0.209. The first-order valence-corrected chi connectivity index (χ1v) is 8.37. The second-order valence-corrected chi connectivity index (χ2v) is 7.14. The molecular formula is C15H15F2NO3S. The topological polar surface area (TPSA) is 59.3 Å². The largest absolute Gasteiger partial charge is 0.449 e. The molecule has 0 amide bonds. The summed E-state index contributed by atoms with van der Waals surface area (Å²) in [4.78, 5) is 0. The van der Waals surface area contributed by atoms with Crippen LogP contribution in [0.5, 0.6) is 0 Å². The molecule has 1 aromatic carbocycles. The number of hydrogen-bond acceptors (Lipinski definition) is 3. The smallest absolute Gasteiger partial charge is 0.274 e. The van der Waals surface area contributed by atoms with E-state index in [1.807, 2.05) is 0 Å². The van der Waals surface area contributed by atoms with Gasteiger partial charge in [-0.1, -0.05) is 6.07 Å². The quantitative estimate of drug-likeness (QED) is 0.938. The molecule has 0 saturated heterocycles. The Kier molecular flexibility index (Phi) is 3.57. The highest BCUT2D eigenvalue weighted by atomic mass is 32.2. The number of sulfonamides is 1. The van der Waals surface area contributed by atoms with Crippen LogP contribution in [0.2, 0.25) is 0 Å². The van der Waals surface area contributed by atoms with Gasteiger partial charge in [0.15, 0.2) is 0 Å². The molecule has 0 spiro atoms. The summed E-state index contributed by atoms with van der Waals surface area (Å²) in [6, 6.07) is 6.08. The van der Waals surface area contributed by atoms with Crippen LogP contribution in [0.4, 0.5) is 8.78 Å². The molecule has 1 fully saturated rings. The Morgan fingerprint density at radius 1 is 1.18 bits per heavy atom. The molecule has 22 heavy (non-hydrogen) atoms. The van der Waals surface area contributed by atoms with Gasteiger partial charge in [-0.05, 0) is 44.4 Å². The van der Waals surface area contributed by atoms with Gasteiger partial charge < -0.3 is 4.42 Å². The minimum atomic E-state index is -3.91. The van der Waals surface area contributed by atoms with Crippen LogP contribution in [-0.4, -0.2) is 8.42 Å². The zero-order valence-corrected chi connectivity index (χ0v) is 12.7. The van der Waals surface area contributed by atoms with Crippen molar-refractivity contribution in [2.24, 2.45) is 0 Å². The van der Waals surface area contributed by atoms with E-state index < -0.39 is 27.2 Å². The molecule has 0 aliphatic heterocycles. The van der Waals surface area contributed by atoms with E-state index >= 15 is 0 Å². The van der Waals surface area contributed by atoms with Crippen molar-refractivity contribution in [3.05, 3.63) is 53.3 Å². The lowest BCUT2D eigenvalue weighted by Crippen LogP contribution is -2.51. The van der Waals surface area contributed by atoms with Gasteiger partial charge in [0.05, 0.1) is 5.54 Å². The Morgan fingerprint density at radius 2 is 1.91 bits per heavy atom. The van der Waals surface area contributed by atoms with E-state index in [2.05, 4.69) is 4.72 Å². The Bertz CT molecular complexity index is 810. The fourth-order valence-corrected chi connectivity index (χ4v) is 4.12. The summed E-state index contributed by atoms with van der Waals surface area (Å²) in [7, 11) is -3.91. The summed E-state index contributed by atoms with van der Waals surface area (Å²) in [5.74, 6) is -0.978. The van der Waals surface area contributed by atoms with Crippen molar-refractivity contribution in [2.45, 2.75) is 36.8 Å². The number of aryl methyl sites for hydroxylation is 1. The molecule has 1 heterocycles. The minimum absolute atomic E-state index is 0.159. The summed E-state index contributed by atoms with van der Waals surface area (Å²) in [6.07, 6.45) is 1.67. The molecule has 0 bridgehead atoms. The molecule has 1 aromatic heterocycles. The average Bonchev–Trinajstić information content (AvgIpc) is 2.82. The first-order valence-electron chi connectivity index (χ1n) is 6.88. The molecule has 0 unspecified atom stereocenters. The normalized spacial score (nSPS) is 17.2. The molecule has 4 nitrogen and oxygen atoms in total. The predicted molar refractivity (Wildman–Crippen MR) is 75.7 cm³/mol. The molecule has 1 aliphatic carbocycles. The molecule has 0 atom stereocenters. The highest BCUT2D eigenvalue weighted by Gasteiger charge is 2.44. The SMILES string of the molecule is Cc1ccc(S(=O)(=O)NC2(c3ccc(F)cc3F)CCC2)o1. The molecule has 1 saturated carbocycles. The van der Waals surface area contributed by atoms with Gasteiger partial charge in [0, 0.05) is 11.6 Å². The average molecular weight is 327 g/mol. The maximum absolute atomic E-state index is 14.1. The van der Waals surface area contributed by atoms with Gasteiger partial charge >= 0.3 is 0 Å². The summed E-state index contributed by atoms with van der Waals surface area (Å²) in [6.45, 7) is 1.64. The lowest BCUT2D eigenvalue weighted by Gasteiger charge is -2.42. The number of halogens is 2. The van der Waals surface area contributed by atoms with Crippen molar-refractivity contribution >= 4 is 10.0 Å². The number of benzene rings is 1. The van der Waals surface area contributed by atoms with E-state index in [1.54, 1.807) is 13.0 Å². The van der Waals surface area contributed by atoms with Gasteiger partial charge in [-0.2, -0.15) is 4.72 Å². The second kappa shape index (κ2) is 5.17. The third kappa shape index (κ3) is 2.55. The molecule has 3 rings (SSSR count). The Balaban J connectivity index is 1.97. The zero-order chi connectivity index (χ0) is 16.0. The van der Waals surface area contributed by atoms with Crippen molar-refractivity contribution in [1.82, 2.24) is 4.72 Å². The Morgan fingerprint density at radius 3 is 2.41 bits per heavy atom. The van der Waals surface area contributed by atoms with Crippen LogP contribution in [0.15, 0.2) is 39.8 Å². The van der Waals surface area contributed by atoms with Gasteiger partial charge in [-0.25, -0.2) is 17.2 Å². The van der Waals surface area contributed by atoms with Crippen LogP contribution < -0.4 is 4.72 Å². The fraction of sp³-hybridized carbons (Fsp3) is 0.333. The Labute approximate surface area is 127 Å². The zero-order valence-electron chi connectivity index (χ0n) is 11.9. The molecule has 0 radical (unpaired) electrons. The molecule has 7 heteroatoms. The van der Waals surface area contributed by atoms with Crippen LogP contribution in [0, 0.1) is 18.6 Å². The summed E-state index contributed by atoms with van der Waals surface area (Å²) < 4.78 is 59.6. The van der Waals surface area contributed by atoms with E-state index in [0.717, 1.165) is 18.6 Å². The number of rotatable bonds is 4. The van der Waals surface area contributed by atoms with E-state index in [1.165, 1.54) is 12.1 Å². The standard InChI is InChI=1S/C15H15F2NO3S/c1-10-3-6-14(21-10)22(19,20)18-15(7-2-8-15)12-5-4-11(16)9-13(12)17/h3-6,9,18H,2,7-8H2,1H3. The highest BCUT2D eigenvalue weighted by molar-refractivity contribution is 7.89. The summed E-state index contributed by atoms with van der Waals surface area (Å²) in [5.41, 5.74) is -0.885. The summed E-state index contributed by atoms with van der Waals surface area (Å²) >= 11 is 0. The van der Waals surface area contributed by atoms with Gasteiger partial charge in [0.2, 0.25) is 5.09 Å². The molecule has 2 aromatic rings. The van der Waals surface area contributed by atoms with E-state index in [9.17, 15) is 17.2 Å². The van der Waals surface area contributed by atoms with Crippen molar-refractivity contribution in [2.75, 3.05) is 0 Å². The third-order valence-corrected chi connectivity index (χ3v) is 5.37. The third-order valence-electron chi connectivity index (χ3n) is 3.96. The van der Waals surface area contributed by atoms with Crippen molar-refractivity contribution in [1.29, 1.82) is 0 Å². The van der Waals surface area contributed by atoms with Crippen molar-refractivity contribution < 1.29 is 21.6 Å². The number of hydrogen-bond donors (Lipinski definition) is 1. The Hall–Kier alpha value is -1.73. The lowest BCUT2D eigenvalue weighted by molar-refractivity contribution is 0.215. The highest BCUT2D eigenvalue weighted by Crippen LogP contribution is 2.43. The monoisotopic (exact) mass is 327 g/mol. The first-order chi connectivity index (χ1) is 10.3. The van der Waals surface area contributed by atoms with Gasteiger partial charge in [-0.15, -0.1) is 0 Å². The second-order valence-electron chi connectivity index (χ2n) is 5.53. The van der Waals surface area contributed by atoms with Crippen molar-refractivity contribution in [3.8, 4) is 0 Å². The number of nitrogens with one attached hydrogen (secondary N) is 1. The number of furan rings is 1. The molecule has 1 aliphatic rings. The first kappa shape index (κ1) is 15.2. The molecule has 1 N–H and O–H groups in total. The maximum Gasteiger partial charge on any atom is 0.274 e. The molecular weight excluding hydrogens is 312 g/mol. The van der Waals surface area contributed by atoms with Crippen LogP contribution in [-0.2, 0) is 15.6 Å². The lowest BCUT2D eigenvalue weighted by atomic mass is 9.72. The van der Waals surface area contributed by atoms with E-state index in [0.29, 0.717) is 18.6 Å².